The summed E-state index contributed by atoms with van der Waals surface area (Å²) in [5.74, 6) is 0. The first kappa shape index (κ1) is 15.2. The Morgan fingerprint density at radius 3 is 2.44 bits per heavy atom. The van der Waals surface area contributed by atoms with Crippen molar-refractivity contribution in [3.8, 4) is 0 Å². The third-order valence-corrected chi connectivity index (χ3v) is 2.20. The molecule has 0 aliphatic heterocycles. The van der Waals surface area contributed by atoms with Gasteiger partial charge in [-0.05, 0) is 19.4 Å². The fourth-order valence-electron chi connectivity index (χ4n) is 1.15. The molecule has 90 valence electrons. The summed E-state index contributed by atoms with van der Waals surface area (Å²) in [5.41, 5.74) is 0.988. The van der Waals surface area contributed by atoms with E-state index < -0.39 is 0 Å². The zero-order chi connectivity index (χ0) is 11.1. The highest BCUT2D eigenvalue weighted by atomic mass is 35.5. The van der Waals surface area contributed by atoms with Gasteiger partial charge in [-0.1, -0.05) is 42.5 Å². The first-order valence-corrected chi connectivity index (χ1v) is 5.21. The first-order chi connectivity index (χ1) is 7.14. The second kappa shape index (κ2) is 7.44. The number of rotatable bonds is 5. The van der Waals surface area contributed by atoms with E-state index in [0.29, 0.717) is 0 Å². The molecule has 16 heavy (non-hydrogen) atoms. The molecule has 0 aliphatic rings. The van der Waals surface area contributed by atoms with Crippen molar-refractivity contribution in [1.29, 1.82) is 0 Å². The van der Waals surface area contributed by atoms with Gasteiger partial charge in [-0.2, -0.15) is 0 Å². The summed E-state index contributed by atoms with van der Waals surface area (Å²) in [6, 6.07) is 10.2. The summed E-state index contributed by atoms with van der Waals surface area (Å²) in [4.78, 5) is 0. The quantitative estimate of drug-likeness (QED) is 0.830. The predicted octanol–water partition coefficient (Wildman–Crippen LogP) is 2.48. The Morgan fingerprint density at radius 1 is 1.25 bits per heavy atom. The van der Waals surface area contributed by atoms with E-state index in [-0.39, 0.29) is 24.6 Å². The van der Waals surface area contributed by atoms with Crippen molar-refractivity contribution in [2.24, 2.45) is 0 Å². The maximum Gasteiger partial charge on any atom is 0.0607 e. The van der Waals surface area contributed by atoms with Crippen LogP contribution in [0, 0.1) is 0 Å². The van der Waals surface area contributed by atoms with Crippen LogP contribution in [0.2, 0.25) is 0 Å². The molecular weight excluding hydrogens is 222 g/mol. The third-order valence-electron chi connectivity index (χ3n) is 2.20. The zero-order valence-electron chi connectivity index (χ0n) is 9.81. The normalized spacial score (nSPS) is 11.4. The summed E-state index contributed by atoms with van der Waals surface area (Å²) >= 11 is 0. The van der Waals surface area contributed by atoms with E-state index in [1.54, 1.807) is 0 Å². The van der Waals surface area contributed by atoms with Crippen LogP contribution in [0.5, 0.6) is 0 Å². The number of aliphatic hydroxyl groups excluding tert-OH is 1. The van der Waals surface area contributed by atoms with E-state index in [4.69, 9.17) is 5.11 Å². The van der Waals surface area contributed by atoms with E-state index >= 15 is 0 Å². The van der Waals surface area contributed by atoms with Crippen molar-refractivity contribution < 1.29 is 5.11 Å². The van der Waals surface area contributed by atoms with Gasteiger partial charge in [0, 0.05) is 12.1 Å². The van der Waals surface area contributed by atoms with E-state index in [0.717, 1.165) is 6.54 Å². The van der Waals surface area contributed by atoms with E-state index in [1.165, 1.54) is 5.56 Å². The van der Waals surface area contributed by atoms with Gasteiger partial charge in [0.05, 0.1) is 6.61 Å². The molecule has 2 N–H and O–H groups in total. The Labute approximate surface area is 104 Å². The summed E-state index contributed by atoms with van der Waals surface area (Å²) in [6.07, 6.45) is 4.13. The molecule has 0 bridgehead atoms. The number of hydrogen-bond acceptors (Lipinski definition) is 2. The van der Waals surface area contributed by atoms with Crippen LogP contribution in [-0.2, 0) is 0 Å². The highest BCUT2D eigenvalue weighted by molar-refractivity contribution is 5.85. The van der Waals surface area contributed by atoms with Crippen LogP contribution < -0.4 is 5.32 Å². The summed E-state index contributed by atoms with van der Waals surface area (Å²) in [5, 5.41) is 12.3. The van der Waals surface area contributed by atoms with Crippen LogP contribution in [0.25, 0.3) is 6.08 Å². The van der Waals surface area contributed by atoms with E-state index in [1.807, 2.05) is 32.0 Å². The van der Waals surface area contributed by atoms with Crippen molar-refractivity contribution in [2.75, 3.05) is 13.2 Å². The number of halogens is 1. The highest BCUT2D eigenvalue weighted by Gasteiger charge is 2.12. The SMILES string of the molecule is CC(C)(CO)NC/C=C/c1ccccc1.Cl. The van der Waals surface area contributed by atoms with Gasteiger partial charge < -0.3 is 10.4 Å². The Kier molecular flexibility index (Phi) is 7.06. The molecule has 1 aromatic carbocycles. The van der Waals surface area contributed by atoms with Gasteiger partial charge in [0.25, 0.3) is 0 Å². The number of benzene rings is 1. The lowest BCUT2D eigenvalue weighted by Crippen LogP contribution is -2.42. The molecule has 0 aliphatic carbocycles. The van der Waals surface area contributed by atoms with Crippen molar-refractivity contribution in [3.05, 3.63) is 42.0 Å². The minimum absolute atomic E-state index is 0. The maximum atomic E-state index is 9.02. The summed E-state index contributed by atoms with van der Waals surface area (Å²) in [6.45, 7) is 4.86. The molecule has 0 heterocycles. The average Bonchev–Trinajstić information content (AvgIpc) is 2.26. The van der Waals surface area contributed by atoms with Gasteiger partial charge in [0.2, 0.25) is 0 Å². The Bertz CT molecular complexity index is 309. The first-order valence-electron chi connectivity index (χ1n) is 5.21. The molecule has 0 spiro atoms. The number of aliphatic hydroxyl groups is 1. The third kappa shape index (κ3) is 5.91. The molecule has 0 radical (unpaired) electrons. The molecule has 1 aromatic rings. The molecule has 3 heteroatoms. The molecule has 2 nitrogen and oxygen atoms in total. The van der Waals surface area contributed by atoms with Crippen LogP contribution in [0.3, 0.4) is 0 Å². The molecule has 1 rings (SSSR count). The van der Waals surface area contributed by atoms with Gasteiger partial charge in [-0.15, -0.1) is 12.4 Å². The minimum atomic E-state index is -0.207. The standard InChI is InChI=1S/C13H19NO.ClH/c1-13(2,11-15)14-10-6-9-12-7-4-3-5-8-12;/h3-9,14-15H,10-11H2,1-2H3;1H/b9-6+;. The maximum absolute atomic E-state index is 9.02. The molecule has 0 saturated heterocycles. The summed E-state index contributed by atoms with van der Waals surface area (Å²) in [7, 11) is 0. The van der Waals surface area contributed by atoms with Gasteiger partial charge >= 0.3 is 0 Å². The van der Waals surface area contributed by atoms with Crippen LogP contribution in [0.4, 0.5) is 0 Å². The lowest BCUT2D eigenvalue weighted by Gasteiger charge is -2.22. The minimum Gasteiger partial charge on any atom is -0.394 e. The smallest absolute Gasteiger partial charge is 0.0607 e. The van der Waals surface area contributed by atoms with Crippen LogP contribution in [0.1, 0.15) is 19.4 Å². The molecule has 0 amide bonds. The molecule has 0 saturated carbocycles. The van der Waals surface area contributed by atoms with Gasteiger partial charge in [0.15, 0.2) is 0 Å². The molecular formula is C13H20ClNO. The number of nitrogens with one attached hydrogen (secondary N) is 1. The number of hydrogen-bond donors (Lipinski definition) is 2. The fraction of sp³-hybridized carbons (Fsp3) is 0.385. The Balaban J connectivity index is 0.00000225. The zero-order valence-corrected chi connectivity index (χ0v) is 10.6. The van der Waals surface area contributed by atoms with Crippen molar-refractivity contribution >= 4 is 18.5 Å². The lowest BCUT2D eigenvalue weighted by atomic mass is 10.1. The van der Waals surface area contributed by atoms with Crippen molar-refractivity contribution in [2.45, 2.75) is 19.4 Å². The highest BCUT2D eigenvalue weighted by Crippen LogP contribution is 2.02. The monoisotopic (exact) mass is 241 g/mol. The van der Waals surface area contributed by atoms with Gasteiger partial charge in [-0.25, -0.2) is 0 Å². The van der Waals surface area contributed by atoms with Crippen molar-refractivity contribution in [3.63, 3.8) is 0 Å². The Morgan fingerprint density at radius 2 is 1.88 bits per heavy atom. The second-order valence-corrected chi connectivity index (χ2v) is 4.24. The fourth-order valence-corrected chi connectivity index (χ4v) is 1.15. The predicted molar refractivity (Wildman–Crippen MR) is 71.9 cm³/mol. The van der Waals surface area contributed by atoms with Crippen LogP contribution in [0.15, 0.2) is 36.4 Å². The van der Waals surface area contributed by atoms with Crippen LogP contribution >= 0.6 is 12.4 Å². The van der Waals surface area contributed by atoms with Crippen molar-refractivity contribution in [1.82, 2.24) is 5.32 Å². The Hall–Kier alpha value is -0.830. The largest absolute Gasteiger partial charge is 0.394 e. The molecule has 0 atom stereocenters. The molecule has 0 unspecified atom stereocenters. The topological polar surface area (TPSA) is 32.3 Å². The summed E-state index contributed by atoms with van der Waals surface area (Å²) < 4.78 is 0. The van der Waals surface area contributed by atoms with E-state index in [9.17, 15) is 0 Å². The van der Waals surface area contributed by atoms with Gasteiger partial charge in [-0.3, -0.25) is 0 Å². The lowest BCUT2D eigenvalue weighted by molar-refractivity contribution is 0.193. The second-order valence-electron chi connectivity index (χ2n) is 4.24. The molecule has 0 fully saturated rings. The van der Waals surface area contributed by atoms with Gasteiger partial charge in [0.1, 0.15) is 0 Å². The van der Waals surface area contributed by atoms with E-state index in [2.05, 4.69) is 29.6 Å². The molecule has 0 aromatic heterocycles. The average molecular weight is 242 g/mol. The van der Waals surface area contributed by atoms with Crippen LogP contribution in [-0.4, -0.2) is 23.8 Å².